The molecular weight excluding hydrogens is 124 g/mol. The van der Waals surface area contributed by atoms with Crippen LogP contribution in [0.1, 0.15) is 20.3 Å². The molecule has 0 amide bonds. The Balaban J connectivity index is 2.21. The molecule has 1 aliphatic heterocycles. The van der Waals surface area contributed by atoms with Crippen LogP contribution in [-0.2, 0) is 4.74 Å². The zero-order valence-corrected chi connectivity index (χ0v) is 6.03. The molecule has 1 rings (SSSR count). The molecule has 0 N–H and O–H groups in total. The van der Waals surface area contributed by atoms with Crippen molar-refractivity contribution in [2.24, 2.45) is 0 Å². The molecular formula is C6H11ClO. The zero-order valence-electron chi connectivity index (χ0n) is 5.28. The summed E-state index contributed by atoms with van der Waals surface area (Å²) in [5.74, 6) is 0.642. The van der Waals surface area contributed by atoms with Crippen LogP contribution in [-0.4, -0.2) is 17.6 Å². The molecule has 1 atom stereocenters. The quantitative estimate of drug-likeness (QED) is 0.497. The highest BCUT2D eigenvalue weighted by atomic mass is 35.5. The van der Waals surface area contributed by atoms with E-state index >= 15 is 0 Å². The lowest BCUT2D eigenvalue weighted by molar-refractivity contribution is -0.173. The van der Waals surface area contributed by atoms with Crippen LogP contribution in [0.3, 0.4) is 0 Å². The monoisotopic (exact) mass is 134 g/mol. The minimum atomic E-state index is 0.111. The van der Waals surface area contributed by atoms with Crippen molar-refractivity contribution in [3.63, 3.8) is 0 Å². The van der Waals surface area contributed by atoms with Gasteiger partial charge in [0.25, 0.3) is 0 Å². The van der Waals surface area contributed by atoms with Crippen LogP contribution in [0.2, 0.25) is 0 Å². The van der Waals surface area contributed by atoms with Gasteiger partial charge in [-0.15, -0.1) is 11.6 Å². The highest BCUT2D eigenvalue weighted by Gasteiger charge is 2.36. The summed E-state index contributed by atoms with van der Waals surface area (Å²) in [6.45, 7) is 4.16. The Bertz CT molecular complexity index is 82.5. The van der Waals surface area contributed by atoms with E-state index in [2.05, 4.69) is 13.8 Å². The molecule has 1 aliphatic rings. The first-order valence-electron chi connectivity index (χ1n) is 2.88. The van der Waals surface area contributed by atoms with Crippen LogP contribution in [0.5, 0.6) is 0 Å². The summed E-state index contributed by atoms with van der Waals surface area (Å²) >= 11 is 5.51. The van der Waals surface area contributed by atoms with E-state index < -0.39 is 0 Å². The second kappa shape index (κ2) is 1.89. The van der Waals surface area contributed by atoms with Crippen molar-refractivity contribution in [2.75, 3.05) is 5.88 Å². The average molecular weight is 135 g/mol. The summed E-state index contributed by atoms with van der Waals surface area (Å²) in [7, 11) is 0. The molecule has 0 spiro atoms. The summed E-state index contributed by atoms with van der Waals surface area (Å²) in [5.41, 5.74) is 0.111. The maximum atomic E-state index is 5.51. The maximum absolute atomic E-state index is 5.51. The van der Waals surface area contributed by atoms with Gasteiger partial charge in [-0.3, -0.25) is 0 Å². The zero-order chi connectivity index (χ0) is 6.20. The second-order valence-corrected chi connectivity index (χ2v) is 3.17. The van der Waals surface area contributed by atoms with Gasteiger partial charge < -0.3 is 4.74 Å². The van der Waals surface area contributed by atoms with E-state index in [9.17, 15) is 0 Å². The van der Waals surface area contributed by atoms with E-state index in [0.717, 1.165) is 6.42 Å². The predicted octanol–water partition coefficient (Wildman–Crippen LogP) is 1.79. The predicted molar refractivity (Wildman–Crippen MR) is 34.3 cm³/mol. The highest BCUT2D eigenvalue weighted by molar-refractivity contribution is 6.18. The first-order chi connectivity index (χ1) is 3.64. The van der Waals surface area contributed by atoms with E-state index in [-0.39, 0.29) is 5.60 Å². The SMILES string of the molecule is CC1(C)CC(CCl)O1. The van der Waals surface area contributed by atoms with Crippen molar-refractivity contribution in [1.82, 2.24) is 0 Å². The van der Waals surface area contributed by atoms with Gasteiger partial charge in [0, 0.05) is 12.3 Å². The molecule has 1 fully saturated rings. The first-order valence-corrected chi connectivity index (χ1v) is 3.41. The largest absolute Gasteiger partial charge is 0.371 e. The van der Waals surface area contributed by atoms with Gasteiger partial charge in [-0.05, 0) is 13.8 Å². The third kappa shape index (κ3) is 1.15. The molecule has 48 valence electrons. The van der Waals surface area contributed by atoms with Gasteiger partial charge in [-0.1, -0.05) is 0 Å². The van der Waals surface area contributed by atoms with Gasteiger partial charge in [0.05, 0.1) is 11.7 Å². The molecule has 1 heterocycles. The minimum Gasteiger partial charge on any atom is -0.371 e. The number of ether oxygens (including phenoxy) is 1. The molecule has 8 heavy (non-hydrogen) atoms. The van der Waals surface area contributed by atoms with Crippen molar-refractivity contribution >= 4 is 11.6 Å². The second-order valence-electron chi connectivity index (χ2n) is 2.86. The number of alkyl halides is 1. The number of rotatable bonds is 1. The first kappa shape index (κ1) is 6.37. The van der Waals surface area contributed by atoms with Crippen LogP contribution in [0.25, 0.3) is 0 Å². The fraction of sp³-hybridized carbons (Fsp3) is 1.00. The third-order valence-electron chi connectivity index (χ3n) is 1.38. The third-order valence-corrected chi connectivity index (χ3v) is 1.72. The molecule has 1 unspecified atom stereocenters. The lowest BCUT2D eigenvalue weighted by Gasteiger charge is -2.42. The molecule has 1 nitrogen and oxygen atoms in total. The summed E-state index contributed by atoms with van der Waals surface area (Å²) in [4.78, 5) is 0. The van der Waals surface area contributed by atoms with Crippen molar-refractivity contribution < 1.29 is 4.74 Å². The number of hydrogen-bond donors (Lipinski definition) is 0. The fourth-order valence-corrected chi connectivity index (χ4v) is 1.25. The Morgan fingerprint density at radius 1 is 1.75 bits per heavy atom. The van der Waals surface area contributed by atoms with E-state index in [1.807, 2.05) is 0 Å². The molecule has 0 radical (unpaired) electrons. The summed E-state index contributed by atoms with van der Waals surface area (Å²) in [6.07, 6.45) is 1.43. The van der Waals surface area contributed by atoms with E-state index in [4.69, 9.17) is 16.3 Å². The molecule has 0 aromatic heterocycles. The van der Waals surface area contributed by atoms with Gasteiger partial charge in [-0.25, -0.2) is 0 Å². The van der Waals surface area contributed by atoms with Crippen LogP contribution < -0.4 is 0 Å². The van der Waals surface area contributed by atoms with Crippen molar-refractivity contribution in [2.45, 2.75) is 32.0 Å². The van der Waals surface area contributed by atoms with Gasteiger partial charge >= 0.3 is 0 Å². The molecule has 1 saturated heterocycles. The van der Waals surface area contributed by atoms with Gasteiger partial charge in [0.15, 0.2) is 0 Å². The van der Waals surface area contributed by atoms with Gasteiger partial charge in [0.2, 0.25) is 0 Å². The summed E-state index contributed by atoms with van der Waals surface area (Å²) < 4.78 is 5.34. The highest BCUT2D eigenvalue weighted by Crippen LogP contribution is 2.31. The fourth-order valence-electron chi connectivity index (χ4n) is 1.08. The summed E-state index contributed by atoms with van der Waals surface area (Å²) in [6, 6.07) is 0. The molecule has 0 aromatic carbocycles. The standard InChI is InChI=1S/C6H11ClO/c1-6(2)3-5(4-7)8-6/h5H,3-4H2,1-2H3. The van der Waals surface area contributed by atoms with E-state index in [1.165, 1.54) is 0 Å². The Labute approximate surface area is 55.0 Å². The van der Waals surface area contributed by atoms with Crippen LogP contribution >= 0.6 is 11.6 Å². The smallest absolute Gasteiger partial charge is 0.0744 e. The Hall–Kier alpha value is 0.250. The normalized spacial score (nSPS) is 34.1. The molecule has 2 heteroatoms. The van der Waals surface area contributed by atoms with Crippen molar-refractivity contribution in [3.8, 4) is 0 Å². The van der Waals surface area contributed by atoms with E-state index in [0.29, 0.717) is 12.0 Å². The minimum absolute atomic E-state index is 0.111. The lowest BCUT2D eigenvalue weighted by atomic mass is 9.94. The Morgan fingerprint density at radius 3 is 2.38 bits per heavy atom. The molecule has 0 bridgehead atoms. The Kier molecular flexibility index (Phi) is 1.50. The maximum Gasteiger partial charge on any atom is 0.0744 e. The topological polar surface area (TPSA) is 9.23 Å². The number of hydrogen-bond acceptors (Lipinski definition) is 1. The number of halogens is 1. The average Bonchev–Trinajstić information content (AvgIpc) is 1.60. The van der Waals surface area contributed by atoms with Crippen molar-refractivity contribution in [3.05, 3.63) is 0 Å². The molecule has 0 saturated carbocycles. The van der Waals surface area contributed by atoms with Crippen LogP contribution in [0.15, 0.2) is 0 Å². The van der Waals surface area contributed by atoms with Crippen molar-refractivity contribution in [1.29, 1.82) is 0 Å². The Morgan fingerprint density at radius 2 is 2.25 bits per heavy atom. The van der Waals surface area contributed by atoms with E-state index in [1.54, 1.807) is 0 Å². The lowest BCUT2D eigenvalue weighted by Crippen LogP contribution is -2.46. The van der Waals surface area contributed by atoms with Crippen LogP contribution in [0.4, 0.5) is 0 Å². The molecule has 0 aromatic rings. The molecule has 0 aliphatic carbocycles. The van der Waals surface area contributed by atoms with Crippen LogP contribution in [0, 0.1) is 0 Å². The summed E-state index contributed by atoms with van der Waals surface area (Å²) in [5, 5.41) is 0. The van der Waals surface area contributed by atoms with Gasteiger partial charge in [-0.2, -0.15) is 0 Å². The van der Waals surface area contributed by atoms with Gasteiger partial charge in [0.1, 0.15) is 0 Å².